The summed E-state index contributed by atoms with van der Waals surface area (Å²) in [5, 5.41) is 9.07. The lowest BCUT2D eigenvalue weighted by Crippen LogP contribution is -2.40. The molecule has 1 amide bonds. The molecule has 0 aliphatic carbocycles. The van der Waals surface area contributed by atoms with Crippen molar-refractivity contribution in [2.24, 2.45) is 0 Å². The first-order valence-corrected chi connectivity index (χ1v) is 7.99. The van der Waals surface area contributed by atoms with Gasteiger partial charge in [0.25, 0.3) is 0 Å². The third-order valence-electron chi connectivity index (χ3n) is 3.56. The largest absolute Gasteiger partial charge is 0.353 e. The average Bonchev–Trinajstić information content (AvgIpc) is 2.42. The molecule has 0 fully saturated rings. The number of rotatable bonds is 13. The van der Waals surface area contributed by atoms with E-state index in [1.165, 1.54) is 0 Å². The van der Waals surface area contributed by atoms with Gasteiger partial charge in [-0.3, -0.25) is 9.59 Å². The minimum absolute atomic E-state index is 0.0146. The van der Waals surface area contributed by atoms with Gasteiger partial charge in [0.2, 0.25) is 5.91 Å². The van der Waals surface area contributed by atoms with Crippen molar-refractivity contribution in [3.05, 3.63) is 0 Å². The molecule has 0 heterocycles. The number of hydrogen-bond donors (Lipinski definition) is 3. The Kier molecular flexibility index (Phi) is 11.6. The topological polar surface area (TPSA) is 87.3 Å². The molecule has 128 valence electrons. The molecule has 6 nitrogen and oxygen atoms in total. The molecule has 0 rings (SSSR count). The van der Waals surface area contributed by atoms with Crippen LogP contribution in [0.15, 0.2) is 0 Å². The second-order valence-corrected chi connectivity index (χ2v) is 5.85. The van der Waals surface area contributed by atoms with Crippen molar-refractivity contribution in [1.82, 2.24) is 16.0 Å². The fraction of sp³-hybridized carbons (Fsp3) is 0.812. The van der Waals surface area contributed by atoms with Gasteiger partial charge < -0.3 is 20.7 Å². The fourth-order valence-corrected chi connectivity index (χ4v) is 2.33. The van der Waals surface area contributed by atoms with E-state index in [1.54, 1.807) is 20.9 Å². The molecule has 22 heavy (non-hydrogen) atoms. The highest BCUT2D eigenvalue weighted by atomic mass is 16.2. The molecule has 0 aliphatic rings. The van der Waals surface area contributed by atoms with E-state index in [2.05, 4.69) is 16.0 Å². The highest BCUT2D eigenvalue weighted by Crippen LogP contribution is 2.06. The van der Waals surface area contributed by atoms with Crippen LogP contribution in [0.5, 0.6) is 0 Å². The predicted molar refractivity (Wildman–Crippen MR) is 87.8 cm³/mol. The van der Waals surface area contributed by atoms with Crippen LogP contribution in [-0.4, -0.2) is 50.2 Å². The Labute approximate surface area is 133 Å². The molecule has 0 aromatic heterocycles. The van der Waals surface area contributed by atoms with Crippen LogP contribution in [0.1, 0.15) is 52.4 Å². The van der Waals surface area contributed by atoms with Gasteiger partial charge in [0, 0.05) is 31.3 Å². The monoisotopic (exact) mass is 313 g/mol. The predicted octanol–water partition coefficient (Wildman–Crippen LogP) is 0.797. The first kappa shape index (κ1) is 20.7. The second kappa shape index (κ2) is 12.3. The first-order chi connectivity index (χ1) is 10.4. The Bertz CT molecular complexity index is 359. The van der Waals surface area contributed by atoms with Crippen LogP contribution in [0.25, 0.3) is 0 Å². The number of Topliss-reactive ketones (excluding diaryl/α,β-unsaturated/α-hetero) is 2. The van der Waals surface area contributed by atoms with Gasteiger partial charge in [-0.2, -0.15) is 0 Å². The number of hydrogen-bond acceptors (Lipinski definition) is 5. The van der Waals surface area contributed by atoms with E-state index in [4.69, 9.17) is 0 Å². The minimum Gasteiger partial charge on any atom is -0.353 e. The summed E-state index contributed by atoms with van der Waals surface area (Å²) in [7, 11) is 3.67. The molecule has 3 N–H and O–H groups in total. The van der Waals surface area contributed by atoms with Gasteiger partial charge in [-0.1, -0.05) is 0 Å². The van der Waals surface area contributed by atoms with Crippen molar-refractivity contribution in [1.29, 1.82) is 0 Å². The molecule has 0 saturated heterocycles. The number of ketones is 2. The summed E-state index contributed by atoms with van der Waals surface area (Å²) in [5.74, 6) is 0.136. The number of amides is 1. The van der Waals surface area contributed by atoms with Crippen LogP contribution in [0.4, 0.5) is 0 Å². The van der Waals surface area contributed by atoms with E-state index in [9.17, 15) is 14.4 Å². The molecule has 0 aliphatic heterocycles. The normalized spacial score (nSPS) is 13.5. The minimum atomic E-state index is -0.108. The van der Waals surface area contributed by atoms with Crippen molar-refractivity contribution in [3.8, 4) is 0 Å². The molecule has 6 heteroatoms. The van der Waals surface area contributed by atoms with Crippen molar-refractivity contribution in [2.75, 3.05) is 20.6 Å². The van der Waals surface area contributed by atoms with E-state index < -0.39 is 0 Å². The summed E-state index contributed by atoms with van der Waals surface area (Å²) in [6.45, 7) is 3.96. The highest BCUT2D eigenvalue weighted by molar-refractivity contribution is 5.80. The quantitative estimate of drug-likeness (QED) is 0.438. The van der Waals surface area contributed by atoms with E-state index in [0.29, 0.717) is 25.7 Å². The second-order valence-electron chi connectivity index (χ2n) is 5.85. The van der Waals surface area contributed by atoms with E-state index in [-0.39, 0.29) is 29.6 Å². The van der Waals surface area contributed by atoms with E-state index >= 15 is 0 Å². The Hall–Kier alpha value is -1.27. The van der Waals surface area contributed by atoms with Crippen LogP contribution in [0.2, 0.25) is 0 Å². The molecule has 2 unspecified atom stereocenters. The maximum atomic E-state index is 12.1. The third kappa shape index (κ3) is 11.4. The average molecular weight is 313 g/mol. The van der Waals surface area contributed by atoms with Crippen molar-refractivity contribution >= 4 is 17.5 Å². The zero-order valence-corrected chi connectivity index (χ0v) is 14.3. The molecule has 0 aromatic rings. The third-order valence-corrected chi connectivity index (χ3v) is 3.56. The zero-order chi connectivity index (χ0) is 17.0. The van der Waals surface area contributed by atoms with Gasteiger partial charge >= 0.3 is 0 Å². The molecular weight excluding hydrogens is 282 g/mol. The molecule has 0 radical (unpaired) electrons. The van der Waals surface area contributed by atoms with Gasteiger partial charge in [-0.25, -0.2) is 0 Å². The maximum absolute atomic E-state index is 12.1. The van der Waals surface area contributed by atoms with Crippen molar-refractivity contribution in [2.45, 2.75) is 64.5 Å². The highest BCUT2D eigenvalue weighted by Gasteiger charge is 2.17. The molecule has 0 aromatic carbocycles. The van der Waals surface area contributed by atoms with Crippen LogP contribution in [0.3, 0.4) is 0 Å². The van der Waals surface area contributed by atoms with Gasteiger partial charge in [0.15, 0.2) is 0 Å². The molecule has 0 saturated carbocycles. The van der Waals surface area contributed by atoms with Gasteiger partial charge in [-0.15, -0.1) is 0 Å². The molecule has 0 spiro atoms. The van der Waals surface area contributed by atoms with Crippen LogP contribution >= 0.6 is 0 Å². The van der Waals surface area contributed by atoms with Crippen LogP contribution < -0.4 is 16.0 Å². The van der Waals surface area contributed by atoms with Crippen LogP contribution in [-0.2, 0) is 14.4 Å². The van der Waals surface area contributed by atoms with Gasteiger partial charge in [0.05, 0.1) is 0 Å². The molecule has 0 bridgehead atoms. The van der Waals surface area contributed by atoms with Gasteiger partial charge in [-0.05, 0) is 53.8 Å². The summed E-state index contributed by atoms with van der Waals surface area (Å²) >= 11 is 0. The number of nitrogens with one attached hydrogen (secondary N) is 3. The summed E-state index contributed by atoms with van der Waals surface area (Å²) in [5.41, 5.74) is 0. The summed E-state index contributed by atoms with van der Waals surface area (Å²) in [4.78, 5) is 34.5. The van der Waals surface area contributed by atoms with Crippen LogP contribution in [0, 0.1) is 0 Å². The fourth-order valence-electron chi connectivity index (χ4n) is 2.33. The zero-order valence-electron chi connectivity index (χ0n) is 14.3. The first-order valence-electron chi connectivity index (χ1n) is 7.99. The Morgan fingerprint density at radius 2 is 1.59 bits per heavy atom. The summed E-state index contributed by atoms with van der Waals surface area (Å²) in [6.07, 6.45) is 3.50. The van der Waals surface area contributed by atoms with Crippen molar-refractivity contribution < 1.29 is 14.4 Å². The Morgan fingerprint density at radius 1 is 0.909 bits per heavy atom. The summed E-state index contributed by atoms with van der Waals surface area (Å²) in [6, 6.07) is -0.122. The number of carbonyl (C=O) groups is 3. The SMILES string of the molecule is CNCCCC(CC(C)=O)NC(=O)CC(CCC(C)=O)NC. The lowest BCUT2D eigenvalue weighted by atomic mass is 10.0. The van der Waals surface area contributed by atoms with E-state index in [0.717, 1.165) is 19.4 Å². The van der Waals surface area contributed by atoms with Gasteiger partial charge in [0.1, 0.15) is 11.6 Å². The Morgan fingerprint density at radius 3 is 2.09 bits per heavy atom. The van der Waals surface area contributed by atoms with E-state index in [1.807, 2.05) is 7.05 Å². The molecule has 2 atom stereocenters. The smallest absolute Gasteiger partial charge is 0.221 e. The van der Waals surface area contributed by atoms with Crippen molar-refractivity contribution in [3.63, 3.8) is 0 Å². The summed E-state index contributed by atoms with van der Waals surface area (Å²) < 4.78 is 0. The molecular formula is C16H31N3O3. The lowest BCUT2D eigenvalue weighted by molar-refractivity contribution is -0.123. The number of carbonyl (C=O) groups excluding carboxylic acids is 3. The Balaban J connectivity index is 4.32. The standard InChI is InChI=1S/C16H31N3O3/c1-12(20)7-8-14(18-4)11-16(22)19-15(10-13(2)21)6-5-9-17-3/h14-15,17-18H,5-11H2,1-4H3,(H,19,22). The maximum Gasteiger partial charge on any atom is 0.221 e. The lowest BCUT2D eigenvalue weighted by Gasteiger charge is -2.20.